The van der Waals surface area contributed by atoms with Crippen LogP contribution in [0.1, 0.15) is 11.1 Å². The van der Waals surface area contributed by atoms with E-state index in [1.807, 2.05) is 12.1 Å². The van der Waals surface area contributed by atoms with Crippen molar-refractivity contribution in [3.8, 4) is 12.1 Å². The molecule has 1 rings (SSSR count). The first-order valence-electron chi connectivity index (χ1n) is 4.54. The molecular weight excluding hydrogens is 268 g/mol. The lowest BCUT2D eigenvalue weighted by molar-refractivity contribution is 1.43. The largest absolute Gasteiger partial charge is 0.192 e. The molecule has 0 radical (unpaired) electrons. The highest BCUT2D eigenvalue weighted by atomic mass is 79.9. The average Bonchev–Trinajstić information content (AvgIpc) is 2.15. The molecule has 4 heteroatoms. The minimum atomic E-state index is -1.47. The zero-order chi connectivity index (χ0) is 11.6. The molecule has 0 atom stereocenters. The molecule has 0 aliphatic rings. The second-order valence-corrected chi connectivity index (χ2v) is 10.2. The first kappa shape index (κ1) is 12.0. The Morgan fingerprint density at radius 3 is 1.93 bits per heavy atom. The Kier molecular flexibility index (Phi) is 3.34. The molecule has 76 valence electrons. The summed E-state index contributed by atoms with van der Waals surface area (Å²) in [5.41, 5.74) is 0.907. The van der Waals surface area contributed by atoms with Crippen molar-refractivity contribution >= 4 is 29.2 Å². The van der Waals surface area contributed by atoms with Crippen LogP contribution in [0.15, 0.2) is 16.6 Å². The van der Waals surface area contributed by atoms with E-state index < -0.39 is 8.07 Å². The van der Waals surface area contributed by atoms with Crippen molar-refractivity contribution in [2.24, 2.45) is 0 Å². The third-order valence-electron chi connectivity index (χ3n) is 2.16. The summed E-state index contributed by atoms with van der Waals surface area (Å²) in [7, 11) is -1.47. The Hall–Kier alpha value is -1.10. The summed E-state index contributed by atoms with van der Waals surface area (Å²) < 4.78 is 0.942. The number of nitriles is 2. The number of benzene rings is 1. The van der Waals surface area contributed by atoms with Gasteiger partial charge in [-0.15, -0.1) is 0 Å². The van der Waals surface area contributed by atoms with Crippen LogP contribution in [0.2, 0.25) is 19.6 Å². The molecule has 0 amide bonds. The predicted octanol–water partition coefficient (Wildman–Crippen LogP) is 2.74. The minimum Gasteiger partial charge on any atom is -0.192 e. The van der Waals surface area contributed by atoms with Crippen molar-refractivity contribution in [3.05, 3.63) is 27.7 Å². The second-order valence-electron chi connectivity index (χ2n) is 4.35. The Morgan fingerprint density at radius 1 is 1.07 bits per heavy atom. The maximum absolute atomic E-state index is 8.93. The van der Waals surface area contributed by atoms with E-state index in [1.165, 1.54) is 5.19 Å². The van der Waals surface area contributed by atoms with Gasteiger partial charge in [0.25, 0.3) is 0 Å². The van der Waals surface area contributed by atoms with E-state index >= 15 is 0 Å². The minimum absolute atomic E-state index is 0.436. The van der Waals surface area contributed by atoms with Gasteiger partial charge in [-0.25, -0.2) is 0 Å². The van der Waals surface area contributed by atoms with Crippen LogP contribution >= 0.6 is 15.9 Å². The molecular formula is C11H11BrN2Si. The summed E-state index contributed by atoms with van der Waals surface area (Å²) in [4.78, 5) is 0. The number of hydrogen-bond donors (Lipinski definition) is 0. The second kappa shape index (κ2) is 4.18. The lowest BCUT2D eigenvalue weighted by atomic mass is 10.1. The van der Waals surface area contributed by atoms with E-state index in [1.54, 1.807) is 6.07 Å². The van der Waals surface area contributed by atoms with Crippen molar-refractivity contribution in [1.29, 1.82) is 10.5 Å². The van der Waals surface area contributed by atoms with E-state index in [-0.39, 0.29) is 0 Å². The maximum atomic E-state index is 8.93. The third kappa shape index (κ3) is 2.47. The van der Waals surface area contributed by atoms with Crippen LogP contribution in [0.5, 0.6) is 0 Å². The summed E-state index contributed by atoms with van der Waals surface area (Å²) in [5, 5.41) is 19.0. The molecule has 0 aromatic heterocycles. The molecule has 0 unspecified atom stereocenters. The standard InChI is InChI=1S/C11H11BrN2Si/c1-15(2,3)11-5-9(7-14)8(6-13)4-10(11)12/h4-5H,1-3H3. The quantitative estimate of drug-likeness (QED) is 0.742. The normalized spacial score (nSPS) is 10.5. The third-order valence-corrected chi connectivity index (χ3v) is 5.21. The van der Waals surface area contributed by atoms with Crippen LogP contribution in [0.4, 0.5) is 0 Å². The summed E-state index contributed by atoms with van der Waals surface area (Å²) >= 11 is 3.46. The predicted molar refractivity (Wildman–Crippen MR) is 66.6 cm³/mol. The lowest BCUT2D eigenvalue weighted by Gasteiger charge is -2.19. The fraction of sp³-hybridized carbons (Fsp3) is 0.273. The fourth-order valence-electron chi connectivity index (χ4n) is 1.33. The topological polar surface area (TPSA) is 47.6 Å². The van der Waals surface area contributed by atoms with Gasteiger partial charge in [0.2, 0.25) is 0 Å². The van der Waals surface area contributed by atoms with Crippen molar-refractivity contribution < 1.29 is 0 Å². The molecule has 0 spiro atoms. The molecule has 0 fully saturated rings. The first-order valence-corrected chi connectivity index (χ1v) is 8.83. The number of nitrogens with zero attached hydrogens (tertiary/aromatic N) is 2. The molecule has 0 saturated heterocycles. The zero-order valence-electron chi connectivity index (χ0n) is 8.93. The van der Waals surface area contributed by atoms with Gasteiger partial charge in [0.1, 0.15) is 12.1 Å². The van der Waals surface area contributed by atoms with Gasteiger partial charge in [-0.2, -0.15) is 10.5 Å². The van der Waals surface area contributed by atoms with Crippen LogP contribution in [-0.2, 0) is 0 Å². The summed E-state index contributed by atoms with van der Waals surface area (Å²) in [5.74, 6) is 0. The smallest absolute Gasteiger partial charge is 0.101 e. The Bertz CT molecular complexity index is 475. The average molecular weight is 279 g/mol. The van der Waals surface area contributed by atoms with E-state index in [4.69, 9.17) is 10.5 Å². The molecule has 1 aromatic rings. The molecule has 0 bridgehead atoms. The molecule has 0 saturated carbocycles. The molecule has 0 aliphatic heterocycles. The van der Waals surface area contributed by atoms with Gasteiger partial charge >= 0.3 is 0 Å². The summed E-state index contributed by atoms with van der Waals surface area (Å²) in [6.07, 6.45) is 0. The fourth-order valence-corrected chi connectivity index (χ4v) is 4.83. The van der Waals surface area contributed by atoms with Gasteiger partial charge in [0.05, 0.1) is 19.2 Å². The van der Waals surface area contributed by atoms with Crippen molar-refractivity contribution in [2.75, 3.05) is 0 Å². The lowest BCUT2D eigenvalue weighted by Crippen LogP contribution is -2.38. The van der Waals surface area contributed by atoms with E-state index in [2.05, 4.69) is 41.6 Å². The van der Waals surface area contributed by atoms with Crippen molar-refractivity contribution in [1.82, 2.24) is 0 Å². The SMILES string of the molecule is C[Si](C)(C)c1cc(C#N)c(C#N)cc1Br. The van der Waals surface area contributed by atoms with Gasteiger partial charge in [-0.1, -0.05) is 35.6 Å². The molecule has 0 aliphatic carbocycles. The van der Waals surface area contributed by atoms with Crippen LogP contribution in [0, 0.1) is 22.7 Å². The molecule has 0 N–H and O–H groups in total. The number of halogens is 1. The molecule has 1 aromatic carbocycles. The monoisotopic (exact) mass is 278 g/mol. The number of hydrogen-bond acceptors (Lipinski definition) is 2. The Labute approximate surface area is 99.3 Å². The van der Waals surface area contributed by atoms with Gasteiger partial charge in [-0.05, 0) is 17.3 Å². The summed E-state index contributed by atoms with van der Waals surface area (Å²) in [6, 6.07) is 7.68. The van der Waals surface area contributed by atoms with Gasteiger partial charge < -0.3 is 0 Å². The zero-order valence-corrected chi connectivity index (χ0v) is 11.5. The Balaban J connectivity index is 3.50. The van der Waals surface area contributed by atoms with Crippen LogP contribution < -0.4 is 5.19 Å². The van der Waals surface area contributed by atoms with E-state index in [0.29, 0.717) is 11.1 Å². The van der Waals surface area contributed by atoms with Gasteiger partial charge in [0, 0.05) is 4.47 Å². The molecule has 15 heavy (non-hydrogen) atoms. The van der Waals surface area contributed by atoms with Crippen LogP contribution in [-0.4, -0.2) is 8.07 Å². The first-order chi connectivity index (χ1) is 6.90. The van der Waals surface area contributed by atoms with Crippen molar-refractivity contribution in [2.45, 2.75) is 19.6 Å². The van der Waals surface area contributed by atoms with E-state index in [9.17, 15) is 0 Å². The maximum Gasteiger partial charge on any atom is 0.101 e. The molecule has 2 nitrogen and oxygen atoms in total. The highest BCUT2D eigenvalue weighted by Gasteiger charge is 2.21. The number of rotatable bonds is 1. The Morgan fingerprint density at radius 2 is 1.53 bits per heavy atom. The van der Waals surface area contributed by atoms with Crippen LogP contribution in [0.25, 0.3) is 0 Å². The highest BCUT2D eigenvalue weighted by molar-refractivity contribution is 9.10. The van der Waals surface area contributed by atoms with Gasteiger partial charge in [0.15, 0.2) is 0 Å². The van der Waals surface area contributed by atoms with Gasteiger partial charge in [-0.3, -0.25) is 0 Å². The van der Waals surface area contributed by atoms with E-state index in [0.717, 1.165) is 4.47 Å². The molecule has 0 heterocycles. The highest BCUT2D eigenvalue weighted by Crippen LogP contribution is 2.18. The van der Waals surface area contributed by atoms with Crippen molar-refractivity contribution in [3.63, 3.8) is 0 Å². The van der Waals surface area contributed by atoms with Crippen LogP contribution in [0.3, 0.4) is 0 Å². The summed E-state index contributed by atoms with van der Waals surface area (Å²) in [6.45, 7) is 6.63.